The number of aromatic nitrogens is 2. The van der Waals surface area contributed by atoms with Gasteiger partial charge in [0.15, 0.2) is 11.6 Å². The van der Waals surface area contributed by atoms with E-state index in [1.54, 1.807) is 37.1 Å². The SMILES string of the molecule is CN[C@@H](C)C(=O)N[C@H](C(=O)N1CCC[C@H]1C(=O)Cc1cc2c(Nc3ccc(Br)c(Cl)c3F)ncnc2cc1OC)C(C)(C)C. The second kappa shape index (κ2) is 13.7. The Kier molecular flexibility index (Phi) is 10.5. The van der Waals surface area contributed by atoms with Gasteiger partial charge in [0.1, 0.15) is 23.9 Å². The Hall–Kier alpha value is -3.35. The Morgan fingerprint density at radius 2 is 1.95 bits per heavy atom. The minimum atomic E-state index is -0.812. The van der Waals surface area contributed by atoms with Crippen molar-refractivity contribution in [2.24, 2.45) is 5.41 Å². The monoisotopic (exact) mass is 690 g/mol. The number of carbonyl (C=O) groups is 3. The second-order valence-corrected chi connectivity index (χ2v) is 13.1. The highest BCUT2D eigenvalue weighted by Gasteiger charge is 2.42. The smallest absolute Gasteiger partial charge is 0.246 e. The van der Waals surface area contributed by atoms with Gasteiger partial charge in [-0.1, -0.05) is 32.4 Å². The van der Waals surface area contributed by atoms with Gasteiger partial charge in [-0.05, 0) is 66.4 Å². The molecule has 1 saturated heterocycles. The Morgan fingerprint density at radius 1 is 1.23 bits per heavy atom. The van der Waals surface area contributed by atoms with E-state index < -0.39 is 29.4 Å². The zero-order valence-electron chi connectivity index (χ0n) is 25.6. The largest absolute Gasteiger partial charge is 0.496 e. The lowest BCUT2D eigenvalue weighted by molar-refractivity contribution is -0.143. The number of fused-ring (bicyclic) bond motifs is 1. The summed E-state index contributed by atoms with van der Waals surface area (Å²) in [6, 6.07) is 4.64. The third kappa shape index (κ3) is 7.13. The zero-order valence-corrected chi connectivity index (χ0v) is 27.9. The minimum Gasteiger partial charge on any atom is -0.496 e. The van der Waals surface area contributed by atoms with Gasteiger partial charge in [0, 0.05) is 34.5 Å². The highest BCUT2D eigenvalue weighted by atomic mass is 79.9. The summed E-state index contributed by atoms with van der Waals surface area (Å²) in [5, 5.41) is 9.24. The number of methoxy groups -OCH3 is 1. The molecule has 10 nitrogen and oxygen atoms in total. The van der Waals surface area contributed by atoms with E-state index in [2.05, 4.69) is 41.8 Å². The number of anilines is 2. The maximum absolute atomic E-state index is 14.9. The third-order valence-corrected chi connectivity index (χ3v) is 9.08. The van der Waals surface area contributed by atoms with Crippen molar-refractivity contribution in [1.82, 2.24) is 25.5 Å². The summed E-state index contributed by atoms with van der Waals surface area (Å²) in [5.74, 6) is -0.613. The molecule has 0 aliphatic carbocycles. The minimum absolute atomic E-state index is 0.0241. The molecule has 0 unspecified atom stereocenters. The summed E-state index contributed by atoms with van der Waals surface area (Å²) in [7, 11) is 3.18. The lowest BCUT2D eigenvalue weighted by Gasteiger charge is -2.36. The molecule has 0 saturated carbocycles. The van der Waals surface area contributed by atoms with Gasteiger partial charge in [-0.2, -0.15) is 0 Å². The van der Waals surface area contributed by atoms with Crippen LogP contribution in [-0.2, 0) is 20.8 Å². The Labute approximate surface area is 269 Å². The van der Waals surface area contributed by atoms with Crippen molar-refractivity contribution in [3.63, 3.8) is 0 Å². The average molecular weight is 692 g/mol. The highest BCUT2D eigenvalue weighted by molar-refractivity contribution is 9.10. The van der Waals surface area contributed by atoms with Gasteiger partial charge >= 0.3 is 0 Å². The van der Waals surface area contributed by atoms with Gasteiger partial charge in [0.25, 0.3) is 0 Å². The molecule has 0 spiro atoms. The number of rotatable bonds is 10. The van der Waals surface area contributed by atoms with Crippen LogP contribution in [0.3, 0.4) is 0 Å². The first-order valence-corrected chi connectivity index (χ1v) is 15.5. The molecule has 44 heavy (non-hydrogen) atoms. The molecule has 13 heteroatoms. The lowest BCUT2D eigenvalue weighted by Crippen LogP contribution is -2.58. The highest BCUT2D eigenvalue weighted by Crippen LogP contribution is 2.35. The maximum atomic E-state index is 14.9. The number of likely N-dealkylation sites (N-methyl/N-ethyl adjacent to an activating group) is 1. The Balaban J connectivity index is 1.62. The van der Waals surface area contributed by atoms with Crippen molar-refractivity contribution < 1.29 is 23.5 Å². The van der Waals surface area contributed by atoms with Crippen molar-refractivity contribution >= 4 is 67.5 Å². The Bertz CT molecular complexity index is 1580. The van der Waals surface area contributed by atoms with E-state index in [-0.39, 0.29) is 34.7 Å². The van der Waals surface area contributed by atoms with Crippen LogP contribution in [0.2, 0.25) is 5.02 Å². The molecule has 0 bridgehead atoms. The molecule has 1 aliphatic heterocycles. The fourth-order valence-electron chi connectivity index (χ4n) is 5.19. The van der Waals surface area contributed by atoms with Gasteiger partial charge in [-0.25, -0.2) is 14.4 Å². The van der Waals surface area contributed by atoms with Crippen molar-refractivity contribution in [1.29, 1.82) is 0 Å². The fraction of sp³-hybridized carbons (Fsp3) is 0.452. The number of likely N-dealkylation sites (tertiary alicyclic amines) is 1. The van der Waals surface area contributed by atoms with Crippen molar-refractivity contribution in [3.8, 4) is 5.75 Å². The molecule has 0 radical (unpaired) electrons. The predicted molar refractivity (Wildman–Crippen MR) is 172 cm³/mol. The Morgan fingerprint density at radius 3 is 2.61 bits per heavy atom. The van der Waals surface area contributed by atoms with Crippen LogP contribution < -0.4 is 20.7 Å². The van der Waals surface area contributed by atoms with E-state index in [9.17, 15) is 18.8 Å². The van der Waals surface area contributed by atoms with Crippen LogP contribution in [-0.4, -0.2) is 71.3 Å². The number of ether oxygens (including phenoxy) is 1. The summed E-state index contributed by atoms with van der Waals surface area (Å²) in [6.45, 7) is 7.78. The molecule has 2 aromatic carbocycles. The molecule has 2 amide bonds. The lowest BCUT2D eigenvalue weighted by atomic mass is 9.85. The van der Waals surface area contributed by atoms with E-state index in [1.165, 1.54) is 19.5 Å². The van der Waals surface area contributed by atoms with Crippen molar-refractivity contribution in [2.45, 2.75) is 65.1 Å². The normalized spacial score (nSPS) is 16.5. The van der Waals surface area contributed by atoms with Gasteiger partial charge in [-0.3, -0.25) is 14.4 Å². The van der Waals surface area contributed by atoms with E-state index in [1.807, 2.05) is 20.8 Å². The summed E-state index contributed by atoms with van der Waals surface area (Å²) in [6.07, 6.45) is 2.50. The number of hydrogen-bond donors (Lipinski definition) is 3. The average Bonchev–Trinajstić information content (AvgIpc) is 3.49. The van der Waals surface area contributed by atoms with Crippen LogP contribution in [0.4, 0.5) is 15.9 Å². The molecule has 4 rings (SSSR count). The molecule has 3 atom stereocenters. The molecule has 236 valence electrons. The van der Waals surface area contributed by atoms with Gasteiger partial charge < -0.3 is 25.6 Å². The quantitative estimate of drug-likeness (QED) is 0.249. The third-order valence-electron chi connectivity index (χ3n) is 7.82. The molecule has 2 heterocycles. The topological polar surface area (TPSA) is 126 Å². The number of nitrogens with one attached hydrogen (secondary N) is 3. The second-order valence-electron chi connectivity index (χ2n) is 11.9. The molecule has 1 aliphatic rings. The number of hydrogen-bond acceptors (Lipinski definition) is 8. The number of ketones is 1. The van der Waals surface area contributed by atoms with Gasteiger partial charge in [-0.15, -0.1) is 0 Å². The number of amides is 2. The molecule has 3 N–H and O–H groups in total. The molecular weight excluding hydrogens is 655 g/mol. The summed E-state index contributed by atoms with van der Waals surface area (Å²) in [4.78, 5) is 50.6. The summed E-state index contributed by atoms with van der Waals surface area (Å²) < 4.78 is 20.9. The summed E-state index contributed by atoms with van der Waals surface area (Å²) in [5.41, 5.74) is 0.632. The number of benzene rings is 2. The van der Waals surface area contributed by atoms with Crippen molar-refractivity contribution in [3.05, 3.63) is 51.5 Å². The van der Waals surface area contributed by atoms with E-state index in [0.29, 0.717) is 51.9 Å². The molecule has 1 fully saturated rings. The number of carbonyl (C=O) groups excluding carboxylic acids is 3. The van der Waals surface area contributed by atoms with E-state index in [0.717, 1.165) is 0 Å². The predicted octanol–water partition coefficient (Wildman–Crippen LogP) is 5.18. The fourth-order valence-corrected chi connectivity index (χ4v) is 5.66. The van der Waals surface area contributed by atoms with Crippen LogP contribution in [0.25, 0.3) is 10.9 Å². The van der Waals surface area contributed by atoms with Crippen molar-refractivity contribution in [2.75, 3.05) is 26.0 Å². The maximum Gasteiger partial charge on any atom is 0.246 e. The van der Waals surface area contributed by atoms with Crippen LogP contribution >= 0.6 is 27.5 Å². The molecular formula is C31H37BrClFN6O4. The summed E-state index contributed by atoms with van der Waals surface area (Å²) >= 11 is 9.29. The van der Waals surface area contributed by atoms with Crippen LogP contribution in [0, 0.1) is 11.2 Å². The first-order valence-electron chi connectivity index (χ1n) is 14.3. The van der Waals surface area contributed by atoms with E-state index in [4.69, 9.17) is 16.3 Å². The standard InChI is InChI=1S/C31H37BrClFN6O4/c1-16(35-5)29(42)39-27(31(2,3)4)30(43)40-11-7-8-22(40)23(41)13-17-12-18-21(14-24(17)44-6)36-15-37-28(18)38-20-10-9-19(32)25(33)26(20)34/h9-10,12,14-16,22,27,35H,7-8,11,13H2,1-6H3,(H,39,42)(H,36,37,38)/t16-,22-,27+/m0/s1. The van der Waals surface area contributed by atoms with Crippen LogP contribution in [0.5, 0.6) is 5.75 Å². The first kappa shape index (κ1) is 33.5. The van der Waals surface area contributed by atoms with Crippen LogP contribution in [0.1, 0.15) is 46.1 Å². The zero-order chi connectivity index (χ0) is 32.3. The van der Waals surface area contributed by atoms with Gasteiger partial charge in [0.2, 0.25) is 11.8 Å². The van der Waals surface area contributed by atoms with E-state index >= 15 is 0 Å². The number of halogens is 3. The van der Waals surface area contributed by atoms with Gasteiger partial charge in [0.05, 0.1) is 35.4 Å². The molecule has 1 aromatic heterocycles. The molecule has 3 aromatic rings. The number of Topliss-reactive ketones (excluding diaryl/α,β-unsaturated/α-hetero) is 1. The first-order chi connectivity index (χ1) is 20.8. The number of nitrogens with zero attached hydrogens (tertiary/aromatic N) is 3. The van der Waals surface area contributed by atoms with Crippen LogP contribution in [0.15, 0.2) is 35.1 Å².